The Kier molecular flexibility index (Phi) is 9.52. The molecule has 0 atom stereocenters. The molecule has 0 aromatic heterocycles. The smallest absolute Gasteiger partial charge is 0.209 e. The maximum absolute atomic E-state index is 13.1. The molecule has 2 amide bonds. The maximum Gasteiger partial charge on any atom is 0.209 e. The van der Waals surface area contributed by atoms with E-state index in [9.17, 15) is 14.0 Å². The lowest BCUT2D eigenvalue weighted by Crippen LogP contribution is -2.52. The van der Waals surface area contributed by atoms with E-state index in [0.29, 0.717) is 63.6 Å². The second-order valence-corrected chi connectivity index (χ2v) is 8.33. The summed E-state index contributed by atoms with van der Waals surface area (Å²) in [5.74, 6) is 0.0684. The maximum atomic E-state index is 13.1. The van der Waals surface area contributed by atoms with Crippen LogP contribution in [0.25, 0.3) is 0 Å². The highest BCUT2D eigenvalue weighted by Crippen LogP contribution is 2.32. The summed E-state index contributed by atoms with van der Waals surface area (Å²) in [6.45, 7) is 6.84. The van der Waals surface area contributed by atoms with Gasteiger partial charge in [-0.15, -0.1) is 0 Å². The van der Waals surface area contributed by atoms with Crippen LogP contribution >= 0.6 is 0 Å². The van der Waals surface area contributed by atoms with Crippen molar-refractivity contribution in [2.24, 2.45) is 22.1 Å². The summed E-state index contributed by atoms with van der Waals surface area (Å²) in [6.07, 6.45) is 3.76. The van der Waals surface area contributed by atoms with Crippen molar-refractivity contribution in [3.05, 3.63) is 47.3 Å². The zero-order chi connectivity index (χ0) is 23.6. The van der Waals surface area contributed by atoms with Crippen molar-refractivity contribution in [1.29, 1.82) is 5.41 Å². The van der Waals surface area contributed by atoms with Gasteiger partial charge in [-0.05, 0) is 53.8 Å². The number of hydrogen-bond donors (Lipinski definition) is 3. The lowest BCUT2D eigenvalue weighted by atomic mass is 9.82. The predicted octanol–water partition coefficient (Wildman–Crippen LogP) is 1.74. The quantitative estimate of drug-likeness (QED) is 0.175. The molecule has 4 N–H and O–H groups in total. The number of allylic oxidation sites excluding steroid dienone is 1. The average molecular weight is 446 g/mol. The van der Waals surface area contributed by atoms with Crippen molar-refractivity contribution in [2.45, 2.75) is 20.3 Å². The van der Waals surface area contributed by atoms with Gasteiger partial charge in [-0.2, -0.15) is 0 Å². The highest BCUT2D eigenvalue weighted by molar-refractivity contribution is 6.11. The van der Waals surface area contributed by atoms with Gasteiger partial charge in [0.25, 0.3) is 0 Å². The van der Waals surface area contributed by atoms with E-state index in [2.05, 4.69) is 10.3 Å². The number of carbonyl (C=O) groups excluding carboxylic acids is 2. The average Bonchev–Trinajstić information content (AvgIpc) is 2.74. The number of amidine groups is 1. The number of halogens is 1. The molecule has 1 fully saturated rings. The van der Waals surface area contributed by atoms with Gasteiger partial charge >= 0.3 is 0 Å². The minimum Gasteiger partial charge on any atom is -0.384 e. The van der Waals surface area contributed by atoms with Crippen LogP contribution in [0.2, 0.25) is 0 Å². The van der Waals surface area contributed by atoms with Gasteiger partial charge in [-0.1, -0.05) is 13.8 Å². The summed E-state index contributed by atoms with van der Waals surface area (Å²) in [4.78, 5) is 27.9. The molecule has 1 aliphatic rings. The standard InChI is InChI=1S/C23H32FN5O3/c1-17(2)20(11-21(25)18-3-5-19(24)6-4-18)22(26)28-8-7-23(13-32-14-23)12-29(16-31)10-9-27-15-30/h3-6,11,15-17,25H,7-10,12-14H2,1-2H3,(H2,26,28)(H,27,30)/b20-11-,25-21?. The molecule has 174 valence electrons. The van der Waals surface area contributed by atoms with Gasteiger partial charge in [-0.25, -0.2) is 4.39 Å². The molecular formula is C23H32FN5O3. The second-order valence-electron chi connectivity index (χ2n) is 8.33. The van der Waals surface area contributed by atoms with E-state index in [1.165, 1.54) is 12.1 Å². The molecule has 0 aliphatic carbocycles. The molecule has 0 spiro atoms. The third-order valence-corrected chi connectivity index (χ3v) is 5.43. The number of ether oxygens (including phenoxy) is 1. The van der Waals surface area contributed by atoms with Gasteiger partial charge in [0, 0.05) is 31.6 Å². The van der Waals surface area contributed by atoms with Crippen molar-refractivity contribution < 1.29 is 18.7 Å². The van der Waals surface area contributed by atoms with Crippen molar-refractivity contribution >= 4 is 24.4 Å². The van der Waals surface area contributed by atoms with Gasteiger partial charge in [-0.3, -0.25) is 14.6 Å². The van der Waals surface area contributed by atoms with Crippen LogP contribution in [0.15, 0.2) is 40.9 Å². The number of nitrogens with zero attached hydrogens (tertiary/aromatic N) is 2. The first-order valence-corrected chi connectivity index (χ1v) is 10.6. The Hall–Kier alpha value is -3.07. The second kappa shape index (κ2) is 12.1. The summed E-state index contributed by atoms with van der Waals surface area (Å²) in [7, 11) is 0. The van der Waals surface area contributed by atoms with E-state index in [4.69, 9.17) is 15.9 Å². The predicted molar refractivity (Wildman–Crippen MR) is 122 cm³/mol. The number of rotatable bonds is 14. The fraction of sp³-hybridized carbons (Fsp3) is 0.478. The molecule has 1 saturated heterocycles. The van der Waals surface area contributed by atoms with Crippen molar-refractivity contribution in [1.82, 2.24) is 10.2 Å². The van der Waals surface area contributed by atoms with Gasteiger partial charge in [0.15, 0.2) is 0 Å². The molecule has 1 aromatic rings. The zero-order valence-corrected chi connectivity index (χ0v) is 18.6. The van der Waals surface area contributed by atoms with Gasteiger partial charge in [0.05, 0.1) is 18.9 Å². The fourth-order valence-electron chi connectivity index (χ4n) is 3.48. The summed E-state index contributed by atoms with van der Waals surface area (Å²) in [5.41, 5.74) is 7.65. The zero-order valence-electron chi connectivity index (χ0n) is 18.6. The first kappa shape index (κ1) is 25.2. The van der Waals surface area contributed by atoms with E-state index in [1.54, 1.807) is 23.1 Å². The molecule has 32 heavy (non-hydrogen) atoms. The lowest BCUT2D eigenvalue weighted by Gasteiger charge is -2.43. The number of hydrogen-bond acceptors (Lipinski definition) is 5. The van der Waals surface area contributed by atoms with Crippen LogP contribution in [0.4, 0.5) is 4.39 Å². The first-order valence-electron chi connectivity index (χ1n) is 10.6. The number of benzene rings is 1. The highest BCUT2D eigenvalue weighted by atomic mass is 19.1. The summed E-state index contributed by atoms with van der Waals surface area (Å²) in [6, 6.07) is 5.76. The van der Waals surface area contributed by atoms with Gasteiger partial charge < -0.3 is 26.1 Å². The molecule has 1 aliphatic heterocycles. The SMILES string of the molecule is CC(C)/C(=C/C(=N)c1ccc(F)cc1)C(N)=NCCC1(CN(C=O)CCNC=O)COC1. The van der Waals surface area contributed by atoms with E-state index in [0.717, 1.165) is 12.0 Å². The number of aliphatic imine (C=N–C) groups is 1. The van der Waals surface area contributed by atoms with Crippen LogP contribution in [0.5, 0.6) is 0 Å². The topological polar surface area (TPSA) is 121 Å². The van der Waals surface area contributed by atoms with Crippen molar-refractivity contribution in [3.63, 3.8) is 0 Å². The molecule has 1 aromatic carbocycles. The van der Waals surface area contributed by atoms with Gasteiger partial charge in [0.2, 0.25) is 12.8 Å². The summed E-state index contributed by atoms with van der Waals surface area (Å²) >= 11 is 0. The Morgan fingerprint density at radius 2 is 2.03 bits per heavy atom. The van der Waals surface area contributed by atoms with Crippen LogP contribution < -0.4 is 11.1 Å². The van der Waals surface area contributed by atoms with E-state index >= 15 is 0 Å². The van der Waals surface area contributed by atoms with E-state index in [1.807, 2.05) is 13.8 Å². The van der Waals surface area contributed by atoms with Gasteiger partial charge in [0.1, 0.15) is 11.7 Å². The van der Waals surface area contributed by atoms with Crippen LogP contribution in [0.3, 0.4) is 0 Å². The Morgan fingerprint density at radius 3 is 2.56 bits per heavy atom. The van der Waals surface area contributed by atoms with Crippen LogP contribution in [0.1, 0.15) is 25.8 Å². The number of nitrogens with two attached hydrogens (primary N) is 1. The minimum absolute atomic E-state index is 0.0522. The molecule has 9 heteroatoms. The Bertz CT molecular complexity index is 848. The molecule has 0 bridgehead atoms. The largest absolute Gasteiger partial charge is 0.384 e. The number of amides is 2. The van der Waals surface area contributed by atoms with Crippen molar-refractivity contribution in [2.75, 3.05) is 39.4 Å². The molecule has 0 radical (unpaired) electrons. The summed E-state index contributed by atoms with van der Waals surface area (Å²) in [5, 5.41) is 10.9. The number of carbonyl (C=O) groups is 2. The minimum atomic E-state index is -0.349. The normalized spacial score (nSPS) is 15.8. The van der Waals surface area contributed by atoms with Crippen LogP contribution in [0, 0.1) is 22.6 Å². The van der Waals surface area contributed by atoms with Crippen LogP contribution in [-0.2, 0) is 14.3 Å². The molecular weight excluding hydrogens is 413 g/mol. The molecule has 1 heterocycles. The van der Waals surface area contributed by atoms with E-state index in [-0.39, 0.29) is 22.9 Å². The molecule has 0 unspecified atom stereocenters. The summed E-state index contributed by atoms with van der Waals surface area (Å²) < 4.78 is 18.5. The molecule has 0 saturated carbocycles. The third-order valence-electron chi connectivity index (χ3n) is 5.43. The van der Waals surface area contributed by atoms with Crippen LogP contribution in [-0.4, -0.2) is 68.7 Å². The fourth-order valence-corrected chi connectivity index (χ4v) is 3.48. The Balaban J connectivity index is 2.02. The van der Waals surface area contributed by atoms with Crippen molar-refractivity contribution in [3.8, 4) is 0 Å². The lowest BCUT2D eigenvalue weighted by molar-refractivity contribution is -0.140. The molecule has 8 nitrogen and oxygen atoms in total. The third kappa shape index (κ3) is 7.26. The monoisotopic (exact) mass is 445 g/mol. The number of nitrogens with one attached hydrogen (secondary N) is 2. The van der Waals surface area contributed by atoms with E-state index < -0.39 is 0 Å². The first-order chi connectivity index (χ1) is 15.3. The Labute approximate surface area is 188 Å². The highest BCUT2D eigenvalue weighted by Gasteiger charge is 2.39. The Morgan fingerprint density at radius 1 is 1.34 bits per heavy atom. The molecule has 2 rings (SSSR count).